The third-order valence-electron chi connectivity index (χ3n) is 3.10. The van der Waals surface area contributed by atoms with Gasteiger partial charge in [-0.3, -0.25) is 14.8 Å². The zero-order valence-electron chi connectivity index (χ0n) is 11.6. The van der Waals surface area contributed by atoms with E-state index in [0.717, 1.165) is 26.9 Å². The lowest BCUT2D eigenvalue weighted by Crippen LogP contribution is -2.13. The van der Waals surface area contributed by atoms with Gasteiger partial charge in [0.1, 0.15) is 0 Å². The fraction of sp³-hybridized carbons (Fsp3) is 0.214. The molecule has 7 heteroatoms. The number of carbonyl (C=O) groups is 1. The number of aromatic nitrogens is 3. The molecule has 0 bridgehead atoms. The molecule has 0 fully saturated rings. The lowest BCUT2D eigenvalue weighted by Gasteiger charge is -1.98. The second-order valence-electron chi connectivity index (χ2n) is 4.55. The van der Waals surface area contributed by atoms with Gasteiger partial charge in [-0.25, -0.2) is 4.98 Å². The van der Waals surface area contributed by atoms with Gasteiger partial charge in [0.05, 0.1) is 10.2 Å². The maximum absolute atomic E-state index is 12.2. The molecule has 1 N–H and O–H groups in total. The van der Waals surface area contributed by atoms with Crippen molar-refractivity contribution in [2.45, 2.75) is 20.4 Å². The standard InChI is InChI=1S/C14H13BrN4OS/c1-3-19-8(2)7-10(18-19)13(20)17-14-16-12-9(15)5-4-6-11(12)21-14/h4-7H,3H2,1-2H3,(H,16,17,20). The van der Waals surface area contributed by atoms with Crippen LogP contribution < -0.4 is 5.32 Å². The van der Waals surface area contributed by atoms with Crippen LogP contribution in [0.5, 0.6) is 0 Å². The van der Waals surface area contributed by atoms with E-state index in [-0.39, 0.29) is 5.91 Å². The van der Waals surface area contributed by atoms with Crippen LogP contribution in [0.4, 0.5) is 5.13 Å². The van der Waals surface area contributed by atoms with Gasteiger partial charge in [-0.2, -0.15) is 5.10 Å². The molecule has 108 valence electrons. The van der Waals surface area contributed by atoms with Crippen LogP contribution in [0, 0.1) is 6.92 Å². The average molecular weight is 365 g/mol. The van der Waals surface area contributed by atoms with Crippen LogP contribution in [0.3, 0.4) is 0 Å². The molecule has 2 heterocycles. The molecule has 1 aromatic carbocycles. The molecule has 0 saturated heterocycles. The van der Waals surface area contributed by atoms with Gasteiger partial charge in [0.25, 0.3) is 5.91 Å². The van der Waals surface area contributed by atoms with E-state index in [1.165, 1.54) is 11.3 Å². The Kier molecular flexibility index (Phi) is 3.77. The van der Waals surface area contributed by atoms with Crippen molar-refractivity contribution >= 4 is 48.5 Å². The largest absolute Gasteiger partial charge is 0.296 e. The first-order valence-corrected chi connectivity index (χ1v) is 8.10. The van der Waals surface area contributed by atoms with Crippen LogP contribution in [0.25, 0.3) is 10.2 Å². The summed E-state index contributed by atoms with van der Waals surface area (Å²) < 4.78 is 3.74. The Hall–Kier alpha value is -1.73. The van der Waals surface area contributed by atoms with E-state index in [9.17, 15) is 4.79 Å². The number of nitrogens with one attached hydrogen (secondary N) is 1. The van der Waals surface area contributed by atoms with Crippen molar-refractivity contribution in [2.24, 2.45) is 0 Å². The number of fused-ring (bicyclic) bond motifs is 1. The Morgan fingerprint density at radius 3 is 2.95 bits per heavy atom. The number of amides is 1. The zero-order valence-corrected chi connectivity index (χ0v) is 14.0. The molecule has 2 aromatic heterocycles. The summed E-state index contributed by atoms with van der Waals surface area (Å²) in [6.45, 7) is 4.67. The molecule has 0 aliphatic heterocycles. The third-order valence-corrected chi connectivity index (χ3v) is 4.68. The van der Waals surface area contributed by atoms with Crippen LogP contribution in [0.15, 0.2) is 28.7 Å². The summed E-state index contributed by atoms with van der Waals surface area (Å²) in [5.41, 5.74) is 2.23. The number of para-hydroxylation sites is 1. The van der Waals surface area contributed by atoms with Crippen molar-refractivity contribution in [2.75, 3.05) is 5.32 Å². The Bertz CT molecular complexity index is 824. The number of carbonyl (C=O) groups excluding carboxylic acids is 1. The molecule has 0 aliphatic rings. The molecule has 0 atom stereocenters. The monoisotopic (exact) mass is 364 g/mol. The SMILES string of the molecule is CCn1nc(C(=O)Nc2nc3c(Br)cccc3s2)cc1C. The Labute approximate surface area is 134 Å². The van der Waals surface area contributed by atoms with Crippen molar-refractivity contribution in [1.29, 1.82) is 0 Å². The van der Waals surface area contributed by atoms with Gasteiger partial charge >= 0.3 is 0 Å². The summed E-state index contributed by atoms with van der Waals surface area (Å²) in [6.07, 6.45) is 0. The molecular weight excluding hydrogens is 352 g/mol. The molecule has 5 nitrogen and oxygen atoms in total. The quantitative estimate of drug-likeness (QED) is 0.767. The summed E-state index contributed by atoms with van der Waals surface area (Å²) >= 11 is 4.90. The molecule has 0 spiro atoms. The number of halogens is 1. The maximum atomic E-state index is 12.2. The van der Waals surface area contributed by atoms with Gasteiger partial charge in [0, 0.05) is 16.7 Å². The number of hydrogen-bond acceptors (Lipinski definition) is 4. The minimum absolute atomic E-state index is 0.236. The van der Waals surface area contributed by atoms with E-state index in [4.69, 9.17) is 0 Å². The highest BCUT2D eigenvalue weighted by Gasteiger charge is 2.14. The Morgan fingerprint density at radius 1 is 1.48 bits per heavy atom. The number of hydrogen-bond donors (Lipinski definition) is 1. The first-order valence-electron chi connectivity index (χ1n) is 6.49. The molecular formula is C14H13BrN4OS. The second-order valence-corrected chi connectivity index (χ2v) is 6.43. The summed E-state index contributed by atoms with van der Waals surface area (Å²) in [4.78, 5) is 16.7. The second kappa shape index (κ2) is 5.57. The maximum Gasteiger partial charge on any atom is 0.277 e. The topological polar surface area (TPSA) is 59.8 Å². The molecule has 0 aliphatic carbocycles. The summed E-state index contributed by atoms with van der Waals surface area (Å²) in [7, 11) is 0. The molecule has 3 rings (SSSR count). The number of nitrogens with zero attached hydrogens (tertiary/aromatic N) is 3. The van der Waals surface area contributed by atoms with E-state index in [2.05, 4.69) is 31.3 Å². The smallest absolute Gasteiger partial charge is 0.277 e. The first kappa shape index (κ1) is 14.2. The minimum Gasteiger partial charge on any atom is -0.296 e. The van der Waals surface area contributed by atoms with Crippen LogP contribution >= 0.6 is 27.3 Å². The van der Waals surface area contributed by atoms with Gasteiger partial charge in [-0.1, -0.05) is 17.4 Å². The molecule has 0 unspecified atom stereocenters. The van der Waals surface area contributed by atoms with E-state index in [1.54, 1.807) is 10.7 Å². The predicted molar refractivity (Wildman–Crippen MR) is 87.9 cm³/mol. The zero-order chi connectivity index (χ0) is 15.0. The van der Waals surface area contributed by atoms with Gasteiger partial charge in [0.2, 0.25) is 0 Å². The van der Waals surface area contributed by atoms with Crippen molar-refractivity contribution < 1.29 is 4.79 Å². The van der Waals surface area contributed by atoms with Crippen LogP contribution in [0.1, 0.15) is 23.1 Å². The number of benzene rings is 1. The molecule has 0 radical (unpaired) electrons. The number of aryl methyl sites for hydroxylation is 2. The average Bonchev–Trinajstić information content (AvgIpc) is 3.02. The highest BCUT2D eigenvalue weighted by atomic mass is 79.9. The van der Waals surface area contributed by atoms with E-state index < -0.39 is 0 Å². The first-order chi connectivity index (χ1) is 10.1. The number of anilines is 1. The highest BCUT2D eigenvalue weighted by Crippen LogP contribution is 2.31. The van der Waals surface area contributed by atoms with Crippen LogP contribution in [-0.2, 0) is 6.54 Å². The number of rotatable bonds is 3. The molecule has 1 amide bonds. The van der Waals surface area contributed by atoms with Gasteiger partial charge < -0.3 is 0 Å². The van der Waals surface area contributed by atoms with Crippen molar-refractivity contribution in [3.63, 3.8) is 0 Å². The Morgan fingerprint density at radius 2 is 2.29 bits per heavy atom. The van der Waals surface area contributed by atoms with Crippen molar-refractivity contribution in [3.8, 4) is 0 Å². The Balaban J connectivity index is 1.87. The lowest BCUT2D eigenvalue weighted by atomic mass is 10.3. The number of thiazole rings is 1. The van der Waals surface area contributed by atoms with Crippen molar-refractivity contribution in [1.82, 2.24) is 14.8 Å². The predicted octanol–water partition coefficient (Wildman–Crippen LogP) is 3.84. The van der Waals surface area contributed by atoms with Crippen molar-refractivity contribution in [3.05, 3.63) is 40.1 Å². The van der Waals surface area contributed by atoms with E-state index in [1.807, 2.05) is 32.0 Å². The van der Waals surface area contributed by atoms with Crippen LogP contribution in [-0.4, -0.2) is 20.7 Å². The molecule has 3 aromatic rings. The highest BCUT2D eigenvalue weighted by molar-refractivity contribution is 9.10. The summed E-state index contributed by atoms with van der Waals surface area (Å²) in [5, 5.41) is 7.65. The fourth-order valence-corrected chi connectivity index (χ4v) is 3.54. The van der Waals surface area contributed by atoms with E-state index in [0.29, 0.717) is 10.8 Å². The molecule has 0 saturated carbocycles. The van der Waals surface area contributed by atoms with Gasteiger partial charge in [-0.15, -0.1) is 0 Å². The minimum atomic E-state index is -0.236. The normalized spacial score (nSPS) is 11.0. The summed E-state index contributed by atoms with van der Waals surface area (Å²) in [6, 6.07) is 7.63. The van der Waals surface area contributed by atoms with Crippen LogP contribution in [0.2, 0.25) is 0 Å². The third kappa shape index (κ3) is 2.71. The lowest BCUT2D eigenvalue weighted by molar-refractivity contribution is 0.102. The summed E-state index contributed by atoms with van der Waals surface area (Å²) in [5.74, 6) is -0.236. The van der Waals surface area contributed by atoms with Gasteiger partial charge in [-0.05, 0) is 48.0 Å². The van der Waals surface area contributed by atoms with E-state index >= 15 is 0 Å². The van der Waals surface area contributed by atoms with Gasteiger partial charge in [0.15, 0.2) is 10.8 Å². The molecule has 21 heavy (non-hydrogen) atoms. The fourth-order valence-electron chi connectivity index (χ4n) is 2.07.